The number of nitrogens with one attached hydrogen (secondary N) is 1. The van der Waals surface area contributed by atoms with Crippen molar-refractivity contribution in [2.75, 3.05) is 0 Å². The molecule has 0 unspecified atom stereocenters. The molecule has 3 nitrogen and oxygen atoms in total. The maximum atomic E-state index is 11.3. The molecule has 0 rings (SSSR count). The van der Waals surface area contributed by atoms with Crippen molar-refractivity contribution in [3.63, 3.8) is 0 Å². The molecule has 0 bridgehead atoms. The van der Waals surface area contributed by atoms with Gasteiger partial charge in [-0.05, 0) is 26.7 Å². The number of hydrogen-bond acceptors (Lipinski definition) is 2. The van der Waals surface area contributed by atoms with Gasteiger partial charge in [-0.15, -0.1) is 0 Å². The summed E-state index contributed by atoms with van der Waals surface area (Å²) in [6.07, 6.45) is 0.469. The van der Waals surface area contributed by atoms with Crippen LogP contribution >= 0.6 is 0 Å². The normalized spacial score (nSPS) is 11.5. The van der Waals surface area contributed by atoms with Crippen LogP contribution in [-0.4, -0.2) is 17.2 Å². The highest BCUT2D eigenvalue weighted by Gasteiger charge is 2.25. The van der Waals surface area contributed by atoms with Crippen molar-refractivity contribution in [1.82, 2.24) is 5.32 Å². The van der Waals surface area contributed by atoms with E-state index in [1.807, 2.05) is 13.8 Å². The van der Waals surface area contributed by atoms with E-state index in [1.54, 1.807) is 13.8 Å². The molecule has 3 heteroatoms. The van der Waals surface area contributed by atoms with Gasteiger partial charge in [0.1, 0.15) is 0 Å². The minimum absolute atomic E-state index is 0.0235. The third kappa shape index (κ3) is 4.65. The number of carbonyl (C=O) groups excluding carboxylic acids is 2. The van der Waals surface area contributed by atoms with Crippen molar-refractivity contribution in [2.24, 2.45) is 5.92 Å². The zero-order valence-electron chi connectivity index (χ0n) is 9.10. The maximum Gasteiger partial charge on any atom is 0.221 e. The molecule has 0 saturated carbocycles. The van der Waals surface area contributed by atoms with E-state index in [2.05, 4.69) is 5.32 Å². The molecule has 0 saturated heterocycles. The molecule has 0 aliphatic rings. The van der Waals surface area contributed by atoms with Gasteiger partial charge in [0.25, 0.3) is 0 Å². The predicted octanol–water partition coefficient (Wildman–Crippen LogP) is 1.52. The lowest BCUT2D eigenvalue weighted by Crippen LogP contribution is -2.48. The Balaban J connectivity index is 4.12. The Kier molecular flexibility index (Phi) is 4.11. The summed E-state index contributed by atoms with van der Waals surface area (Å²) in [6, 6.07) is 0. The van der Waals surface area contributed by atoms with Crippen LogP contribution in [0.5, 0.6) is 0 Å². The zero-order chi connectivity index (χ0) is 10.6. The lowest BCUT2D eigenvalue weighted by Gasteiger charge is -2.23. The lowest BCUT2D eigenvalue weighted by atomic mass is 9.99. The standard InChI is InChI=1S/C10H19NO2/c1-7(2)6-9(13)11-10(4,5)8(3)12/h7H,6H2,1-5H3,(H,11,13). The minimum atomic E-state index is -0.730. The molecule has 0 aromatic carbocycles. The van der Waals surface area contributed by atoms with Crippen molar-refractivity contribution in [3.8, 4) is 0 Å². The van der Waals surface area contributed by atoms with Crippen molar-refractivity contribution in [3.05, 3.63) is 0 Å². The highest BCUT2D eigenvalue weighted by Crippen LogP contribution is 2.06. The van der Waals surface area contributed by atoms with E-state index < -0.39 is 5.54 Å². The highest BCUT2D eigenvalue weighted by atomic mass is 16.2. The zero-order valence-corrected chi connectivity index (χ0v) is 9.10. The van der Waals surface area contributed by atoms with Crippen molar-refractivity contribution in [2.45, 2.75) is 46.6 Å². The molecule has 1 N–H and O–H groups in total. The average Bonchev–Trinajstić information content (AvgIpc) is 1.82. The first-order valence-corrected chi connectivity index (χ1v) is 4.57. The first-order chi connectivity index (χ1) is 5.75. The van der Waals surface area contributed by atoms with E-state index in [0.29, 0.717) is 12.3 Å². The Labute approximate surface area is 79.9 Å². The van der Waals surface area contributed by atoms with Gasteiger partial charge >= 0.3 is 0 Å². The Hall–Kier alpha value is -0.860. The maximum absolute atomic E-state index is 11.3. The van der Waals surface area contributed by atoms with Gasteiger partial charge in [0, 0.05) is 6.42 Å². The molecule has 0 aliphatic heterocycles. The topological polar surface area (TPSA) is 46.2 Å². The average molecular weight is 185 g/mol. The van der Waals surface area contributed by atoms with E-state index in [4.69, 9.17) is 0 Å². The summed E-state index contributed by atoms with van der Waals surface area (Å²) in [5.41, 5.74) is -0.730. The summed E-state index contributed by atoms with van der Waals surface area (Å²) < 4.78 is 0. The van der Waals surface area contributed by atoms with Gasteiger partial charge in [0.2, 0.25) is 5.91 Å². The molecule has 0 aromatic heterocycles. The van der Waals surface area contributed by atoms with Gasteiger partial charge < -0.3 is 5.32 Å². The molecule has 0 aromatic rings. The van der Waals surface area contributed by atoms with Crippen LogP contribution in [0.3, 0.4) is 0 Å². The number of rotatable bonds is 4. The molecular weight excluding hydrogens is 166 g/mol. The van der Waals surface area contributed by atoms with Crippen LogP contribution < -0.4 is 5.32 Å². The second-order valence-corrected chi connectivity index (χ2v) is 4.33. The number of Topliss-reactive ketones (excluding diaryl/α,β-unsaturated/α-hetero) is 1. The molecule has 76 valence electrons. The van der Waals surface area contributed by atoms with Crippen LogP contribution in [0.1, 0.15) is 41.0 Å². The summed E-state index contributed by atoms with van der Waals surface area (Å²) in [6.45, 7) is 8.86. The van der Waals surface area contributed by atoms with Crippen LogP contribution in [0.25, 0.3) is 0 Å². The smallest absolute Gasteiger partial charge is 0.221 e. The summed E-state index contributed by atoms with van der Waals surface area (Å²) in [5, 5.41) is 2.70. The van der Waals surface area contributed by atoms with Gasteiger partial charge in [0.05, 0.1) is 5.54 Å². The van der Waals surface area contributed by atoms with Crippen LogP contribution in [0.2, 0.25) is 0 Å². The van der Waals surface area contributed by atoms with Crippen LogP contribution in [0.4, 0.5) is 0 Å². The third-order valence-corrected chi connectivity index (χ3v) is 1.93. The Morgan fingerprint density at radius 1 is 1.31 bits per heavy atom. The number of amides is 1. The van der Waals surface area contributed by atoms with Crippen molar-refractivity contribution >= 4 is 11.7 Å². The van der Waals surface area contributed by atoms with Crippen molar-refractivity contribution < 1.29 is 9.59 Å². The van der Waals surface area contributed by atoms with Gasteiger partial charge in [0.15, 0.2) is 5.78 Å². The number of hydrogen-bond donors (Lipinski definition) is 1. The number of carbonyl (C=O) groups is 2. The fourth-order valence-electron chi connectivity index (χ4n) is 0.858. The van der Waals surface area contributed by atoms with Gasteiger partial charge in [-0.25, -0.2) is 0 Å². The largest absolute Gasteiger partial charge is 0.344 e. The van der Waals surface area contributed by atoms with E-state index in [0.717, 1.165) is 0 Å². The Bertz CT molecular complexity index is 207. The van der Waals surface area contributed by atoms with E-state index >= 15 is 0 Å². The summed E-state index contributed by atoms with van der Waals surface area (Å²) in [7, 11) is 0. The fraction of sp³-hybridized carbons (Fsp3) is 0.800. The van der Waals surface area contributed by atoms with Crippen molar-refractivity contribution in [1.29, 1.82) is 0 Å². The second kappa shape index (κ2) is 4.40. The first-order valence-electron chi connectivity index (χ1n) is 4.57. The first kappa shape index (κ1) is 12.1. The summed E-state index contributed by atoms with van der Waals surface area (Å²) in [4.78, 5) is 22.4. The Morgan fingerprint density at radius 3 is 2.08 bits per heavy atom. The SMILES string of the molecule is CC(=O)C(C)(C)NC(=O)CC(C)C. The molecule has 0 heterocycles. The van der Waals surface area contributed by atoms with E-state index in [-0.39, 0.29) is 11.7 Å². The summed E-state index contributed by atoms with van der Waals surface area (Å²) >= 11 is 0. The van der Waals surface area contributed by atoms with Crippen LogP contribution in [-0.2, 0) is 9.59 Å². The second-order valence-electron chi connectivity index (χ2n) is 4.33. The van der Waals surface area contributed by atoms with Crippen LogP contribution in [0, 0.1) is 5.92 Å². The summed E-state index contributed by atoms with van der Waals surface area (Å²) in [5.74, 6) is 0.238. The van der Waals surface area contributed by atoms with E-state index in [9.17, 15) is 9.59 Å². The molecule has 0 atom stereocenters. The quantitative estimate of drug-likeness (QED) is 0.721. The van der Waals surface area contributed by atoms with Gasteiger partial charge in [-0.1, -0.05) is 13.8 Å². The molecule has 0 spiro atoms. The number of ketones is 1. The molecule has 0 radical (unpaired) electrons. The third-order valence-electron chi connectivity index (χ3n) is 1.93. The van der Waals surface area contributed by atoms with E-state index in [1.165, 1.54) is 6.92 Å². The van der Waals surface area contributed by atoms with Gasteiger partial charge in [-0.3, -0.25) is 9.59 Å². The monoisotopic (exact) mass is 185 g/mol. The predicted molar refractivity (Wildman–Crippen MR) is 52.4 cm³/mol. The minimum Gasteiger partial charge on any atom is -0.344 e. The molecule has 0 aliphatic carbocycles. The van der Waals surface area contributed by atoms with Gasteiger partial charge in [-0.2, -0.15) is 0 Å². The molecule has 0 fully saturated rings. The Morgan fingerprint density at radius 2 is 1.77 bits per heavy atom. The highest BCUT2D eigenvalue weighted by molar-refractivity contribution is 5.90. The molecule has 1 amide bonds. The lowest BCUT2D eigenvalue weighted by molar-refractivity contribution is -0.130. The molecular formula is C10H19NO2. The molecule has 13 heavy (non-hydrogen) atoms. The van der Waals surface area contributed by atoms with Crippen LogP contribution in [0.15, 0.2) is 0 Å². The fourth-order valence-corrected chi connectivity index (χ4v) is 0.858.